The molecule has 1 aliphatic rings. The first-order chi connectivity index (χ1) is 17.2. The molecule has 0 bridgehead atoms. The van der Waals surface area contributed by atoms with Gasteiger partial charge in [0.25, 0.3) is 0 Å². The predicted molar refractivity (Wildman–Crippen MR) is 140 cm³/mol. The molecule has 7 heteroatoms. The molecule has 195 valence electrons. The maximum absolute atomic E-state index is 14.7. The van der Waals surface area contributed by atoms with Gasteiger partial charge in [0.2, 0.25) is 0 Å². The second-order valence-corrected chi connectivity index (χ2v) is 9.64. The van der Waals surface area contributed by atoms with Crippen LogP contribution >= 0.6 is 0 Å². The molecule has 1 aliphatic carbocycles. The number of nitrogen functional groups attached to an aromatic ring is 2. The normalized spacial score (nSPS) is 19.2. The van der Waals surface area contributed by atoms with Gasteiger partial charge in [-0.15, -0.1) is 0 Å². The third-order valence-corrected chi connectivity index (χ3v) is 6.81. The number of hydrogen-bond acceptors (Lipinski definition) is 5. The first-order valence-corrected chi connectivity index (χ1v) is 12.7. The van der Waals surface area contributed by atoms with Crippen molar-refractivity contribution in [3.05, 3.63) is 66.6 Å². The summed E-state index contributed by atoms with van der Waals surface area (Å²) in [7, 11) is 0. The maximum Gasteiger partial charge on any atom is 0.400 e. The van der Waals surface area contributed by atoms with Crippen LogP contribution in [-0.4, -0.2) is 18.7 Å². The number of ether oxygens (including phenoxy) is 2. The van der Waals surface area contributed by atoms with Crippen molar-refractivity contribution in [1.82, 2.24) is 0 Å². The summed E-state index contributed by atoms with van der Waals surface area (Å²) in [5.74, 6) is -0.976. The van der Waals surface area contributed by atoms with Crippen molar-refractivity contribution in [3.63, 3.8) is 0 Å². The Morgan fingerprint density at radius 3 is 2.47 bits per heavy atom. The summed E-state index contributed by atoms with van der Waals surface area (Å²) in [5, 5.41) is 0. The van der Waals surface area contributed by atoms with Crippen molar-refractivity contribution < 1.29 is 23.0 Å². The van der Waals surface area contributed by atoms with E-state index in [-0.39, 0.29) is 18.3 Å². The highest BCUT2D eigenvalue weighted by molar-refractivity contribution is 5.87. The van der Waals surface area contributed by atoms with Crippen LogP contribution in [0.1, 0.15) is 68.9 Å². The van der Waals surface area contributed by atoms with Gasteiger partial charge in [0, 0.05) is 23.4 Å². The molecule has 0 amide bonds. The van der Waals surface area contributed by atoms with Crippen LogP contribution < -0.4 is 16.2 Å². The van der Waals surface area contributed by atoms with Gasteiger partial charge in [-0.25, -0.2) is 4.79 Å². The van der Waals surface area contributed by atoms with E-state index in [1.165, 1.54) is 18.2 Å². The number of halogens is 2. The summed E-state index contributed by atoms with van der Waals surface area (Å²) in [6.45, 7) is 6.19. The molecular formula is C29H37F2N2O3. The van der Waals surface area contributed by atoms with Crippen LogP contribution in [0.3, 0.4) is 0 Å². The molecule has 36 heavy (non-hydrogen) atoms. The predicted octanol–water partition coefficient (Wildman–Crippen LogP) is 6.99. The Balaban J connectivity index is 1.46. The monoisotopic (exact) mass is 499 g/mol. The lowest BCUT2D eigenvalue weighted by atomic mass is 9.79. The number of carbonyl (C=O) groups excluding carboxylic acids is 1. The summed E-state index contributed by atoms with van der Waals surface area (Å²) in [6.07, 6.45) is 5.72. The van der Waals surface area contributed by atoms with Crippen LogP contribution in [-0.2, 0) is 9.53 Å². The molecule has 1 fully saturated rings. The van der Waals surface area contributed by atoms with Gasteiger partial charge >= 0.3 is 12.1 Å². The average molecular weight is 500 g/mol. The summed E-state index contributed by atoms with van der Waals surface area (Å²) in [5.41, 5.74) is 14.1. The molecule has 2 aromatic carbocycles. The Bertz CT molecular complexity index is 1020. The number of benzene rings is 2. The molecule has 5 nitrogen and oxygen atoms in total. The van der Waals surface area contributed by atoms with Crippen molar-refractivity contribution in [1.29, 1.82) is 0 Å². The van der Waals surface area contributed by atoms with Crippen LogP contribution in [0.5, 0.6) is 5.75 Å². The zero-order chi connectivity index (χ0) is 26.1. The van der Waals surface area contributed by atoms with Crippen LogP contribution in [0.2, 0.25) is 0 Å². The Morgan fingerprint density at radius 2 is 1.83 bits per heavy atom. The van der Waals surface area contributed by atoms with Crippen molar-refractivity contribution >= 4 is 23.4 Å². The van der Waals surface area contributed by atoms with Gasteiger partial charge in [0.1, 0.15) is 5.75 Å². The third-order valence-electron chi connectivity index (χ3n) is 6.81. The van der Waals surface area contributed by atoms with Gasteiger partial charge in [-0.1, -0.05) is 44.4 Å². The molecule has 0 saturated heterocycles. The number of rotatable bonds is 11. The molecule has 3 rings (SSSR count). The standard InChI is InChI=1S/C29H37F2N2O3/c1-3-4-5-21-6-11-23(12-7-21)29(30,31)36-25-14-8-22(9-15-25)10-17-28(34)35-19-20(2)26-16-13-24(32)18-27(26)33/h8-10,13-18,20-21,23H,2-7,11-12,19,32-33H2,1H3/b17-10+. The van der Waals surface area contributed by atoms with Gasteiger partial charge in [-0.05, 0) is 80.0 Å². The van der Waals surface area contributed by atoms with Gasteiger partial charge in [0.15, 0.2) is 0 Å². The first kappa shape index (κ1) is 27.5. The Morgan fingerprint density at radius 1 is 1.14 bits per heavy atom. The summed E-state index contributed by atoms with van der Waals surface area (Å²) in [6, 6.07) is 11.3. The summed E-state index contributed by atoms with van der Waals surface area (Å²) in [4.78, 5) is 12.1. The largest absolute Gasteiger partial charge is 0.462 e. The molecule has 1 atom stereocenters. The van der Waals surface area contributed by atoms with E-state index in [0.717, 1.165) is 37.7 Å². The van der Waals surface area contributed by atoms with Crippen molar-refractivity contribution in [2.75, 3.05) is 18.1 Å². The molecule has 1 unspecified atom stereocenters. The fourth-order valence-electron chi connectivity index (χ4n) is 4.62. The van der Waals surface area contributed by atoms with E-state index < -0.39 is 18.0 Å². The van der Waals surface area contributed by atoms with Gasteiger partial charge in [0.05, 0.1) is 12.5 Å². The third kappa shape index (κ3) is 7.97. The lowest BCUT2D eigenvalue weighted by Gasteiger charge is -2.33. The van der Waals surface area contributed by atoms with E-state index >= 15 is 0 Å². The molecule has 1 saturated carbocycles. The zero-order valence-electron chi connectivity index (χ0n) is 20.9. The van der Waals surface area contributed by atoms with Crippen LogP contribution in [0.4, 0.5) is 20.2 Å². The van der Waals surface area contributed by atoms with E-state index in [0.29, 0.717) is 35.7 Å². The number of carbonyl (C=O) groups is 1. The van der Waals surface area contributed by atoms with Crippen LogP contribution in [0, 0.1) is 18.8 Å². The SMILES string of the molecule is [CH2]C(COC(=O)/C=C/c1ccc(OC(F)(F)C2CCC(CCCC)CC2)cc1)c1ccc(N)cc1N. The molecule has 0 spiro atoms. The number of unbranched alkanes of at least 4 members (excludes halogenated alkanes) is 1. The first-order valence-electron chi connectivity index (χ1n) is 12.7. The minimum atomic E-state index is -3.20. The van der Waals surface area contributed by atoms with E-state index in [4.69, 9.17) is 20.9 Å². The summed E-state index contributed by atoms with van der Waals surface area (Å²) >= 11 is 0. The molecule has 1 radical (unpaired) electrons. The molecule has 2 aromatic rings. The smallest absolute Gasteiger partial charge is 0.400 e. The Labute approximate surface area is 212 Å². The van der Waals surface area contributed by atoms with Crippen molar-refractivity contribution in [3.8, 4) is 5.75 Å². The molecular weight excluding hydrogens is 462 g/mol. The highest BCUT2D eigenvalue weighted by Crippen LogP contribution is 2.41. The second-order valence-electron chi connectivity index (χ2n) is 9.64. The quantitative estimate of drug-likeness (QED) is 0.198. The van der Waals surface area contributed by atoms with Crippen LogP contribution in [0.25, 0.3) is 6.08 Å². The fraction of sp³-hybridized carbons (Fsp3) is 0.448. The van der Waals surface area contributed by atoms with Crippen LogP contribution in [0.15, 0.2) is 48.5 Å². The van der Waals surface area contributed by atoms with Gasteiger partial charge in [-0.3, -0.25) is 0 Å². The molecule has 0 aliphatic heterocycles. The van der Waals surface area contributed by atoms with E-state index in [1.807, 2.05) is 0 Å². The minimum Gasteiger partial charge on any atom is -0.462 e. The van der Waals surface area contributed by atoms with Gasteiger partial charge in [-0.2, -0.15) is 8.78 Å². The second kappa shape index (κ2) is 12.7. The number of hydrogen-bond donors (Lipinski definition) is 2. The number of esters is 1. The van der Waals surface area contributed by atoms with E-state index in [9.17, 15) is 13.6 Å². The topological polar surface area (TPSA) is 87.6 Å². The highest BCUT2D eigenvalue weighted by Gasteiger charge is 2.43. The molecule has 0 heterocycles. The molecule has 0 aromatic heterocycles. The van der Waals surface area contributed by atoms with Crippen molar-refractivity contribution in [2.24, 2.45) is 11.8 Å². The van der Waals surface area contributed by atoms with Crippen molar-refractivity contribution in [2.45, 2.75) is 63.9 Å². The lowest BCUT2D eigenvalue weighted by Crippen LogP contribution is -2.37. The number of anilines is 2. The van der Waals surface area contributed by atoms with E-state index in [1.54, 1.807) is 36.4 Å². The molecule has 4 N–H and O–H groups in total. The van der Waals surface area contributed by atoms with E-state index in [2.05, 4.69) is 13.8 Å². The lowest BCUT2D eigenvalue weighted by molar-refractivity contribution is -0.223. The summed E-state index contributed by atoms with van der Waals surface area (Å²) < 4.78 is 39.8. The minimum absolute atomic E-state index is 0.0552. The zero-order valence-corrected chi connectivity index (χ0v) is 20.9. The Hall–Kier alpha value is -3.09. The number of nitrogens with two attached hydrogens (primary N) is 2. The van der Waals surface area contributed by atoms with Gasteiger partial charge < -0.3 is 20.9 Å². The fourth-order valence-corrected chi connectivity index (χ4v) is 4.62. The highest BCUT2D eigenvalue weighted by atomic mass is 19.3. The average Bonchev–Trinajstić information content (AvgIpc) is 2.85. The Kier molecular flexibility index (Phi) is 9.73. The maximum atomic E-state index is 14.7. The number of alkyl halides is 2.